The number of nitrogens with zero attached hydrogens (tertiary/aromatic N) is 5. The van der Waals surface area contributed by atoms with Crippen LogP contribution in [0.25, 0.3) is 22.3 Å². The van der Waals surface area contributed by atoms with Gasteiger partial charge in [-0.3, -0.25) is 9.69 Å². The molecular weight excluding hydrogens is 980 g/mol. The Bertz CT molecular complexity index is 3500. The SMILES string of the molecule is CN1Cc2cccc(Nc3nc(Nc4ccc(CN(C(=O)OCC5c6ccccc6-c6ccccc65)c5cccc(C6CCCN(C(=O)OCC7c8ccccc8-c8ccccc87)C6)c5)cc4)ncc3C(F)(F)F)c2C1=O. The topological polar surface area (TPSA) is 129 Å². The van der Waals surface area contributed by atoms with Crippen molar-refractivity contribution < 1.29 is 37.0 Å². The molecular formula is C62H52F3N7O5. The number of nitrogens with one attached hydrogen (secondary N) is 2. The molecule has 2 aliphatic carbocycles. The van der Waals surface area contributed by atoms with Crippen LogP contribution >= 0.6 is 0 Å². The molecule has 12 nitrogen and oxygen atoms in total. The van der Waals surface area contributed by atoms with E-state index in [9.17, 15) is 27.6 Å². The molecule has 0 radical (unpaired) electrons. The Morgan fingerprint density at radius 3 is 1.94 bits per heavy atom. The normalized spacial score (nSPS) is 15.5. The molecule has 8 aromatic rings. The minimum atomic E-state index is -4.79. The standard InChI is InChI=1S/C62H52F3N7O5/c1-70-34-41-14-11-25-55(56(41)58(70)73)68-57-54(62(63,64)65)32-66-59(69-57)67-42-28-26-38(27-29-42)33-72(61(75)77-37-53-50-23-8-4-19-46(50)47-20-5-9-24-51(47)53)43-16-10-13-39(31-43)40-15-12-30-71(35-40)60(74)76-36-52-48-21-6-2-17-44(48)45-18-3-7-22-49(45)52/h2-11,13-14,16-29,31-32,40,52-53H,12,15,30,33-37H2,1H3,(H2,66,67,68,69). The Balaban J connectivity index is 0.779. The van der Waals surface area contributed by atoms with Crippen molar-refractivity contribution in [2.24, 2.45) is 0 Å². The van der Waals surface area contributed by atoms with Crippen molar-refractivity contribution in [3.05, 3.63) is 220 Å². The summed E-state index contributed by atoms with van der Waals surface area (Å²) in [6.07, 6.45) is -3.38. The van der Waals surface area contributed by atoms with Crippen molar-refractivity contribution in [1.29, 1.82) is 0 Å². The Morgan fingerprint density at radius 1 is 0.714 bits per heavy atom. The number of benzene rings is 7. The van der Waals surface area contributed by atoms with Crippen LogP contribution in [0.2, 0.25) is 0 Å². The summed E-state index contributed by atoms with van der Waals surface area (Å²) in [5.74, 6) is -1.18. The number of aromatic nitrogens is 2. The number of anilines is 5. The molecule has 1 atom stereocenters. The maximum absolute atomic E-state index is 14.7. The third-order valence-electron chi connectivity index (χ3n) is 15.2. The summed E-state index contributed by atoms with van der Waals surface area (Å²) in [6, 6.07) is 52.7. The summed E-state index contributed by atoms with van der Waals surface area (Å²) in [4.78, 5) is 54.6. The predicted molar refractivity (Wildman–Crippen MR) is 289 cm³/mol. The first kappa shape index (κ1) is 48.9. The highest BCUT2D eigenvalue weighted by Crippen LogP contribution is 2.46. The smallest absolute Gasteiger partial charge is 0.421 e. The van der Waals surface area contributed by atoms with Gasteiger partial charge in [0.1, 0.15) is 24.6 Å². The minimum Gasteiger partial charge on any atom is -0.448 e. The summed E-state index contributed by atoms with van der Waals surface area (Å²) in [5.41, 5.74) is 11.9. The van der Waals surface area contributed by atoms with Gasteiger partial charge in [0, 0.05) is 62.0 Å². The number of carbonyl (C=O) groups excluding carboxylic acids is 3. The van der Waals surface area contributed by atoms with Gasteiger partial charge in [0.05, 0.1) is 17.8 Å². The van der Waals surface area contributed by atoms with E-state index in [-0.39, 0.29) is 66.7 Å². The zero-order valence-electron chi connectivity index (χ0n) is 42.0. The Morgan fingerprint density at radius 2 is 1.31 bits per heavy atom. The lowest BCUT2D eigenvalue weighted by Gasteiger charge is -2.33. The molecule has 1 fully saturated rings. The molecule has 0 bridgehead atoms. The van der Waals surface area contributed by atoms with Crippen LogP contribution in [0.5, 0.6) is 0 Å². The highest BCUT2D eigenvalue weighted by atomic mass is 19.4. The van der Waals surface area contributed by atoms with Gasteiger partial charge in [-0.25, -0.2) is 14.6 Å². The molecule has 0 saturated carbocycles. The first-order valence-electron chi connectivity index (χ1n) is 25.7. The molecule has 3 amide bonds. The number of carbonyl (C=O) groups is 3. The van der Waals surface area contributed by atoms with Crippen LogP contribution in [0.15, 0.2) is 170 Å². The molecule has 1 unspecified atom stereocenters. The summed E-state index contributed by atoms with van der Waals surface area (Å²) in [6.45, 7) is 1.80. The highest BCUT2D eigenvalue weighted by Gasteiger charge is 2.37. The molecule has 3 heterocycles. The first-order chi connectivity index (χ1) is 37.4. The monoisotopic (exact) mass is 1030 g/mol. The van der Waals surface area contributed by atoms with Gasteiger partial charge < -0.3 is 29.9 Å². The molecule has 1 aromatic heterocycles. The molecule has 7 aromatic carbocycles. The molecule has 0 spiro atoms. The van der Waals surface area contributed by atoms with Crippen LogP contribution in [-0.4, -0.2) is 71.2 Å². The van der Waals surface area contributed by atoms with Gasteiger partial charge in [-0.2, -0.15) is 18.2 Å². The zero-order valence-corrected chi connectivity index (χ0v) is 42.0. The molecule has 12 rings (SSSR count). The summed E-state index contributed by atoms with van der Waals surface area (Å²) in [7, 11) is 1.63. The van der Waals surface area contributed by atoms with E-state index in [2.05, 4.69) is 69.1 Å². The van der Waals surface area contributed by atoms with E-state index in [1.165, 1.54) is 16.0 Å². The molecule has 2 aliphatic heterocycles. The Kier molecular flexibility index (Phi) is 12.9. The lowest BCUT2D eigenvalue weighted by atomic mass is 9.90. The number of piperidine rings is 1. The molecule has 77 heavy (non-hydrogen) atoms. The van der Waals surface area contributed by atoms with Crippen molar-refractivity contribution in [3.63, 3.8) is 0 Å². The highest BCUT2D eigenvalue weighted by molar-refractivity contribution is 6.04. The van der Waals surface area contributed by atoms with Crippen LogP contribution in [0, 0.1) is 0 Å². The fourth-order valence-corrected chi connectivity index (χ4v) is 11.5. The largest absolute Gasteiger partial charge is 0.448 e. The fraction of sp³-hybridized carbons (Fsp3) is 0.210. The van der Waals surface area contributed by atoms with E-state index in [0.29, 0.717) is 42.8 Å². The molecule has 4 aliphatic rings. The second kappa shape index (κ2) is 20.3. The second-order valence-corrected chi connectivity index (χ2v) is 20.0. The quantitative estimate of drug-likeness (QED) is 0.123. The van der Waals surface area contributed by atoms with E-state index in [0.717, 1.165) is 57.3 Å². The van der Waals surface area contributed by atoms with Gasteiger partial charge in [0.15, 0.2) is 0 Å². The van der Waals surface area contributed by atoms with Gasteiger partial charge in [0.25, 0.3) is 5.91 Å². The summed E-state index contributed by atoms with van der Waals surface area (Å²) < 4.78 is 55.4. The van der Waals surface area contributed by atoms with Crippen molar-refractivity contribution in [2.75, 3.05) is 48.9 Å². The average Bonchev–Trinajstić information content (AvgIpc) is 4.07. The van der Waals surface area contributed by atoms with E-state index in [1.807, 2.05) is 84.9 Å². The van der Waals surface area contributed by atoms with E-state index in [1.54, 1.807) is 47.2 Å². The van der Waals surface area contributed by atoms with Gasteiger partial charge >= 0.3 is 18.4 Å². The summed E-state index contributed by atoms with van der Waals surface area (Å²) >= 11 is 0. The first-order valence-corrected chi connectivity index (χ1v) is 25.7. The van der Waals surface area contributed by atoms with Crippen molar-refractivity contribution in [1.82, 2.24) is 19.8 Å². The van der Waals surface area contributed by atoms with E-state index in [4.69, 9.17) is 9.47 Å². The predicted octanol–water partition coefficient (Wildman–Crippen LogP) is 13.7. The Hall–Kier alpha value is -8.98. The number of hydrogen-bond donors (Lipinski definition) is 2. The number of ether oxygens (including phenoxy) is 2. The van der Waals surface area contributed by atoms with Crippen LogP contribution in [0.4, 0.5) is 51.6 Å². The number of fused-ring (bicyclic) bond motifs is 7. The van der Waals surface area contributed by atoms with Gasteiger partial charge in [-0.1, -0.05) is 133 Å². The van der Waals surface area contributed by atoms with Crippen LogP contribution in [0.3, 0.4) is 0 Å². The van der Waals surface area contributed by atoms with Crippen LogP contribution in [-0.2, 0) is 28.7 Å². The molecule has 1 saturated heterocycles. The molecule has 386 valence electrons. The van der Waals surface area contributed by atoms with Crippen LogP contribution < -0.4 is 15.5 Å². The van der Waals surface area contributed by atoms with Crippen LogP contribution in [0.1, 0.15) is 85.5 Å². The van der Waals surface area contributed by atoms with Gasteiger partial charge in [0.2, 0.25) is 5.95 Å². The van der Waals surface area contributed by atoms with Crippen molar-refractivity contribution >= 4 is 46.9 Å². The number of halogens is 3. The zero-order chi connectivity index (χ0) is 52.8. The van der Waals surface area contributed by atoms with Gasteiger partial charge in [-0.15, -0.1) is 0 Å². The van der Waals surface area contributed by atoms with E-state index < -0.39 is 23.7 Å². The lowest BCUT2D eigenvalue weighted by Crippen LogP contribution is -2.40. The lowest BCUT2D eigenvalue weighted by molar-refractivity contribution is -0.137. The second-order valence-electron chi connectivity index (χ2n) is 20.0. The summed E-state index contributed by atoms with van der Waals surface area (Å²) in [5, 5.41) is 5.79. The number of rotatable bonds is 12. The molecule has 15 heteroatoms. The number of alkyl halides is 3. The molecule has 2 N–H and O–H groups in total. The third-order valence-corrected chi connectivity index (χ3v) is 15.2. The fourth-order valence-electron chi connectivity index (χ4n) is 11.5. The van der Waals surface area contributed by atoms with Crippen molar-refractivity contribution in [3.8, 4) is 22.3 Å². The number of likely N-dealkylation sites (tertiary alicyclic amines) is 1. The maximum atomic E-state index is 14.7. The number of amides is 3. The average molecular weight is 1030 g/mol. The van der Waals surface area contributed by atoms with Crippen molar-refractivity contribution in [2.45, 2.75) is 49.9 Å². The number of hydrogen-bond acceptors (Lipinski definition) is 9. The van der Waals surface area contributed by atoms with E-state index >= 15 is 0 Å². The third kappa shape index (κ3) is 9.58. The maximum Gasteiger partial charge on any atom is 0.421 e. The Labute approximate surface area is 443 Å². The minimum absolute atomic E-state index is 0.0280. The van der Waals surface area contributed by atoms with Gasteiger partial charge in [-0.05, 0) is 104 Å².